The molecule has 3 heteroatoms. The standard InChI is InChI=1S/C17H27BrN2/c1-4-20-10-6-8-16(12-20)14(3)19-13(2)15-7-5-9-17(18)11-15/h5,7,9,11,13-14,16,19H,4,6,8,10,12H2,1-3H3. The van der Waals surface area contributed by atoms with E-state index in [4.69, 9.17) is 0 Å². The van der Waals surface area contributed by atoms with Crippen molar-refractivity contribution in [1.29, 1.82) is 0 Å². The molecule has 3 atom stereocenters. The maximum Gasteiger partial charge on any atom is 0.0294 e. The summed E-state index contributed by atoms with van der Waals surface area (Å²) in [6.45, 7) is 10.6. The number of nitrogens with one attached hydrogen (secondary N) is 1. The van der Waals surface area contributed by atoms with Gasteiger partial charge in [-0.15, -0.1) is 0 Å². The third-order valence-electron chi connectivity index (χ3n) is 4.56. The average Bonchev–Trinajstić information content (AvgIpc) is 2.47. The van der Waals surface area contributed by atoms with Crippen molar-refractivity contribution in [2.24, 2.45) is 5.92 Å². The second-order valence-electron chi connectivity index (χ2n) is 6.03. The summed E-state index contributed by atoms with van der Waals surface area (Å²) in [4.78, 5) is 2.58. The Hall–Kier alpha value is -0.380. The minimum absolute atomic E-state index is 0.402. The lowest BCUT2D eigenvalue weighted by atomic mass is 9.90. The van der Waals surface area contributed by atoms with E-state index in [1.54, 1.807) is 0 Å². The highest BCUT2D eigenvalue weighted by Gasteiger charge is 2.24. The van der Waals surface area contributed by atoms with Crippen molar-refractivity contribution in [2.45, 2.75) is 45.7 Å². The van der Waals surface area contributed by atoms with Crippen LogP contribution in [0.4, 0.5) is 0 Å². The smallest absolute Gasteiger partial charge is 0.0294 e. The Bertz CT molecular complexity index is 421. The van der Waals surface area contributed by atoms with Crippen LogP contribution in [0.1, 0.15) is 45.2 Å². The molecule has 1 aliphatic heterocycles. The van der Waals surface area contributed by atoms with Gasteiger partial charge in [0, 0.05) is 23.1 Å². The Morgan fingerprint density at radius 3 is 2.90 bits per heavy atom. The molecule has 0 saturated carbocycles. The predicted molar refractivity (Wildman–Crippen MR) is 90.0 cm³/mol. The number of hydrogen-bond donors (Lipinski definition) is 1. The van der Waals surface area contributed by atoms with Crippen LogP contribution in [0.2, 0.25) is 0 Å². The molecule has 0 amide bonds. The van der Waals surface area contributed by atoms with E-state index >= 15 is 0 Å². The summed E-state index contributed by atoms with van der Waals surface area (Å²) in [7, 11) is 0. The van der Waals surface area contributed by atoms with Crippen LogP contribution < -0.4 is 5.32 Å². The molecule has 112 valence electrons. The zero-order chi connectivity index (χ0) is 14.5. The van der Waals surface area contributed by atoms with E-state index in [2.05, 4.69) is 71.2 Å². The molecule has 1 aromatic rings. The van der Waals surface area contributed by atoms with Gasteiger partial charge < -0.3 is 10.2 Å². The van der Waals surface area contributed by atoms with Gasteiger partial charge >= 0.3 is 0 Å². The fraction of sp³-hybridized carbons (Fsp3) is 0.647. The van der Waals surface area contributed by atoms with Crippen molar-refractivity contribution < 1.29 is 0 Å². The first-order valence-corrected chi connectivity index (χ1v) is 8.63. The zero-order valence-electron chi connectivity index (χ0n) is 12.9. The third kappa shape index (κ3) is 4.31. The van der Waals surface area contributed by atoms with Crippen LogP contribution in [0.15, 0.2) is 28.7 Å². The largest absolute Gasteiger partial charge is 0.307 e. The number of benzene rings is 1. The van der Waals surface area contributed by atoms with Gasteiger partial charge in [0.1, 0.15) is 0 Å². The van der Waals surface area contributed by atoms with E-state index in [1.165, 1.54) is 38.0 Å². The number of hydrogen-bond acceptors (Lipinski definition) is 2. The van der Waals surface area contributed by atoms with E-state index in [1.807, 2.05) is 0 Å². The predicted octanol–water partition coefficient (Wildman–Crippen LogP) is 4.22. The van der Waals surface area contributed by atoms with Gasteiger partial charge in [-0.25, -0.2) is 0 Å². The summed E-state index contributed by atoms with van der Waals surface area (Å²) < 4.78 is 1.16. The normalized spacial score (nSPS) is 23.5. The molecule has 1 fully saturated rings. The van der Waals surface area contributed by atoms with Crippen LogP contribution in [-0.4, -0.2) is 30.6 Å². The van der Waals surface area contributed by atoms with E-state index in [0.29, 0.717) is 12.1 Å². The zero-order valence-corrected chi connectivity index (χ0v) is 14.5. The molecule has 1 heterocycles. The molecule has 2 rings (SSSR count). The molecule has 1 N–H and O–H groups in total. The molecule has 1 saturated heterocycles. The molecule has 0 bridgehead atoms. The second-order valence-corrected chi connectivity index (χ2v) is 6.94. The van der Waals surface area contributed by atoms with Crippen LogP contribution in [0.5, 0.6) is 0 Å². The molecule has 0 aromatic heterocycles. The fourth-order valence-electron chi connectivity index (χ4n) is 3.19. The van der Waals surface area contributed by atoms with Gasteiger partial charge in [0.2, 0.25) is 0 Å². The van der Waals surface area contributed by atoms with Crippen molar-refractivity contribution >= 4 is 15.9 Å². The van der Waals surface area contributed by atoms with Gasteiger partial charge in [0.25, 0.3) is 0 Å². The first kappa shape index (κ1) is 16.0. The van der Waals surface area contributed by atoms with Gasteiger partial charge in [0.05, 0.1) is 0 Å². The lowest BCUT2D eigenvalue weighted by Crippen LogP contribution is -2.44. The van der Waals surface area contributed by atoms with E-state index in [9.17, 15) is 0 Å². The van der Waals surface area contributed by atoms with E-state index in [0.717, 1.165) is 10.4 Å². The number of likely N-dealkylation sites (tertiary alicyclic amines) is 1. The fourth-order valence-corrected chi connectivity index (χ4v) is 3.61. The molecular formula is C17H27BrN2. The Balaban J connectivity index is 1.91. The third-order valence-corrected chi connectivity index (χ3v) is 5.05. The highest BCUT2D eigenvalue weighted by molar-refractivity contribution is 9.10. The molecule has 1 aromatic carbocycles. The van der Waals surface area contributed by atoms with Crippen molar-refractivity contribution in [3.8, 4) is 0 Å². The van der Waals surface area contributed by atoms with Crippen molar-refractivity contribution in [1.82, 2.24) is 10.2 Å². The van der Waals surface area contributed by atoms with Crippen LogP contribution in [0, 0.1) is 5.92 Å². The number of piperidine rings is 1. The van der Waals surface area contributed by atoms with Gasteiger partial charge in [0.15, 0.2) is 0 Å². The topological polar surface area (TPSA) is 15.3 Å². The van der Waals surface area contributed by atoms with E-state index < -0.39 is 0 Å². The van der Waals surface area contributed by atoms with Gasteiger partial charge in [-0.3, -0.25) is 0 Å². The minimum Gasteiger partial charge on any atom is -0.307 e. The Kier molecular flexibility index (Phi) is 6.06. The highest BCUT2D eigenvalue weighted by Crippen LogP contribution is 2.23. The second kappa shape index (κ2) is 7.58. The number of rotatable bonds is 5. The Labute approximate surface area is 132 Å². The summed E-state index contributed by atoms with van der Waals surface area (Å²) in [5.41, 5.74) is 1.36. The molecular weight excluding hydrogens is 312 g/mol. The number of halogens is 1. The SMILES string of the molecule is CCN1CCCC(C(C)NC(C)c2cccc(Br)c2)C1. The van der Waals surface area contributed by atoms with E-state index in [-0.39, 0.29) is 0 Å². The Morgan fingerprint density at radius 2 is 2.20 bits per heavy atom. The average molecular weight is 339 g/mol. The van der Waals surface area contributed by atoms with Gasteiger partial charge in [-0.1, -0.05) is 35.0 Å². The summed E-state index contributed by atoms with van der Waals surface area (Å²) in [5, 5.41) is 3.79. The molecule has 2 nitrogen and oxygen atoms in total. The van der Waals surface area contributed by atoms with Gasteiger partial charge in [-0.05, 0) is 63.4 Å². The molecule has 0 spiro atoms. The minimum atomic E-state index is 0.402. The quantitative estimate of drug-likeness (QED) is 0.864. The first-order chi connectivity index (χ1) is 9.60. The monoisotopic (exact) mass is 338 g/mol. The Morgan fingerprint density at radius 1 is 1.40 bits per heavy atom. The van der Waals surface area contributed by atoms with Crippen LogP contribution >= 0.6 is 15.9 Å². The molecule has 3 unspecified atom stereocenters. The summed E-state index contributed by atoms with van der Waals surface area (Å²) in [5.74, 6) is 0.776. The van der Waals surface area contributed by atoms with Crippen LogP contribution in [-0.2, 0) is 0 Å². The number of nitrogens with zero attached hydrogens (tertiary/aromatic N) is 1. The van der Waals surface area contributed by atoms with Crippen LogP contribution in [0.3, 0.4) is 0 Å². The summed E-state index contributed by atoms with van der Waals surface area (Å²) in [6.07, 6.45) is 2.70. The van der Waals surface area contributed by atoms with Gasteiger partial charge in [-0.2, -0.15) is 0 Å². The van der Waals surface area contributed by atoms with Crippen molar-refractivity contribution in [3.05, 3.63) is 34.3 Å². The molecule has 20 heavy (non-hydrogen) atoms. The molecule has 0 radical (unpaired) electrons. The molecule has 0 aliphatic carbocycles. The maximum absolute atomic E-state index is 3.79. The van der Waals surface area contributed by atoms with Crippen molar-refractivity contribution in [2.75, 3.05) is 19.6 Å². The highest BCUT2D eigenvalue weighted by atomic mass is 79.9. The summed E-state index contributed by atoms with van der Waals surface area (Å²) >= 11 is 3.56. The summed E-state index contributed by atoms with van der Waals surface area (Å²) in [6, 6.07) is 9.58. The molecule has 1 aliphatic rings. The lowest BCUT2D eigenvalue weighted by Gasteiger charge is -2.36. The maximum atomic E-state index is 3.79. The van der Waals surface area contributed by atoms with Crippen LogP contribution in [0.25, 0.3) is 0 Å². The first-order valence-electron chi connectivity index (χ1n) is 7.84. The lowest BCUT2D eigenvalue weighted by molar-refractivity contribution is 0.153. The van der Waals surface area contributed by atoms with Crippen molar-refractivity contribution in [3.63, 3.8) is 0 Å².